The molecule has 0 spiro atoms. The van der Waals surface area contributed by atoms with E-state index < -0.39 is 5.95 Å². The van der Waals surface area contributed by atoms with Gasteiger partial charge >= 0.3 is 0 Å². The predicted octanol–water partition coefficient (Wildman–Crippen LogP) is 3.39. The maximum Gasteiger partial charge on any atom is 0.226 e. The van der Waals surface area contributed by atoms with Crippen LogP contribution in [0.5, 0.6) is 5.88 Å². The van der Waals surface area contributed by atoms with Crippen molar-refractivity contribution >= 4 is 11.0 Å². The third-order valence-corrected chi connectivity index (χ3v) is 4.43. The molecule has 136 valence electrons. The van der Waals surface area contributed by atoms with Gasteiger partial charge in [0.15, 0.2) is 0 Å². The van der Waals surface area contributed by atoms with Gasteiger partial charge in [-0.1, -0.05) is 12.1 Å². The van der Waals surface area contributed by atoms with Crippen LogP contribution in [0.15, 0.2) is 43.0 Å². The number of halogens is 1. The normalized spacial score (nSPS) is 11.1. The van der Waals surface area contributed by atoms with Crippen LogP contribution in [0.25, 0.3) is 11.0 Å². The Balaban J connectivity index is 1.59. The first kappa shape index (κ1) is 17.1. The summed E-state index contributed by atoms with van der Waals surface area (Å²) in [4.78, 5) is 19.8. The minimum Gasteiger partial charge on any atom is -0.480 e. The molecule has 0 fully saturated rings. The SMILES string of the molecule is COc1ncnc2[nH]cc(Cc3ccc(Cc4ccc(C)nc4)nc3F)c12. The van der Waals surface area contributed by atoms with E-state index >= 15 is 0 Å². The van der Waals surface area contributed by atoms with Crippen molar-refractivity contribution in [1.29, 1.82) is 0 Å². The molecule has 0 aromatic carbocycles. The summed E-state index contributed by atoms with van der Waals surface area (Å²) in [6.07, 6.45) is 5.93. The standard InChI is InChI=1S/C20H18FN5O/c1-12-3-4-13(9-22-12)7-16-6-5-14(18(21)26-16)8-15-10-23-19-17(15)20(27-2)25-11-24-19/h3-6,9-11H,7-8H2,1-2H3,(H,23,24,25). The van der Waals surface area contributed by atoms with Crippen LogP contribution in [-0.2, 0) is 12.8 Å². The van der Waals surface area contributed by atoms with Crippen molar-refractivity contribution in [2.24, 2.45) is 0 Å². The first-order valence-corrected chi connectivity index (χ1v) is 8.55. The molecule has 4 rings (SSSR count). The fourth-order valence-corrected chi connectivity index (χ4v) is 3.04. The number of fused-ring (bicyclic) bond motifs is 1. The molecule has 0 saturated heterocycles. The highest BCUT2D eigenvalue weighted by Gasteiger charge is 2.14. The number of rotatable bonds is 5. The van der Waals surface area contributed by atoms with Crippen LogP contribution in [0.2, 0.25) is 0 Å². The van der Waals surface area contributed by atoms with Gasteiger partial charge in [-0.25, -0.2) is 15.0 Å². The summed E-state index contributed by atoms with van der Waals surface area (Å²) in [5.41, 5.74) is 4.65. The molecule has 0 saturated carbocycles. The first-order chi connectivity index (χ1) is 13.1. The molecule has 27 heavy (non-hydrogen) atoms. The van der Waals surface area contributed by atoms with Crippen LogP contribution in [0.3, 0.4) is 0 Å². The van der Waals surface area contributed by atoms with E-state index in [-0.39, 0.29) is 0 Å². The second-order valence-corrected chi connectivity index (χ2v) is 6.33. The van der Waals surface area contributed by atoms with Crippen molar-refractivity contribution in [1.82, 2.24) is 24.9 Å². The minimum absolute atomic E-state index is 0.370. The highest BCUT2D eigenvalue weighted by atomic mass is 19.1. The van der Waals surface area contributed by atoms with Gasteiger partial charge in [0, 0.05) is 42.2 Å². The topological polar surface area (TPSA) is 76.6 Å². The van der Waals surface area contributed by atoms with Crippen molar-refractivity contribution in [2.45, 2.75) is 19.8 Å². The molecule has 0 amide bonds. The molecule has 7 heteroatoms. The fraction of sp³-hybridized carbons (Fsp3) is 0.200. The predicted molar refractivity (Wildman–Crippen MR) is 99.2 cm³/mol. The summed E-state index contributed by atoms with van der Waals surface area (Å²) >= 11 is 0. The molecule has 0 atom stereocenters. The molecular formula is C20H18FN5O. The van der Waals surface area contributed by atoms with Crippen LogP contribution < -0.4 is 4.74 Å². The average molecular weight is 363 g/mol. The average Bonchev–Trinajstić information content (AvgIpc) is 3.09. The fourth-order valence-electron chi connectivity index (χ4n) is 3.04. The van der Waals surface area contributed by atoms with Gasteiger partial charge in [-0.2, -0.15) is 4.39 Å². The van der Waals surface area contributed by atoms with Gasteiger partial charge < -0.3 is 9.72 Å². The van der Waals surface area contributed by atoms with Crippen LogP contribution in [0.4, 0.5) is 4.39 Å². The van der Waals surface area contributed by atoms with E-state index in [2.05, 4.69) is 24.9 Å². The van der Waals surface area contributed by atoms with Gasteiger partial charge in [0.05, 0.1) is 12.5 Å². The highest BCUT2D eigenvalue weighted by molar-refractivity contribution is 5.85. The molecule has 4 heterocycles. The molecule has 4 aromatic rings. The molecule has 6 nitrogen and oxygen atoms in total. The zero-order valence-electron chi connectivity index (χ0n) is 15.0. The summed E-state index contributed by atoms with van der Waals surface area (Å²) in [7, 11) is 1.55. The quantitative estimate of drug-likeness (QED) is 0.550. The van der Waals surface area contributed by atoms with Gasteiger partial charge in [0.1, 0.15) is 12.0 Å². The van der Waals surface area contributed by atoms with E-state index in [0.717, 1.165) is 22.2 Å². The first-order valence-electron chi connectivity index (χ1n) is 8.55. The van der Waals surface area contributed by atoms with Crippen LogP contribution >= 0.6 is 0 Å². The maximum atomic E-state index is 14.6. The summed E-state index contributed by atoms with van der Waals surface area (Å²) in [6, 6.07) is 7.54. The largest absolute Gasteiger partial charge is 0.480 e. The number of H-pyrrole nitrogens is 1. The summed E-state index contributed by atoms with van der Waals surface area (Å²) in [5.74, 6) is -0.00848. The molecular weight excluding hydrogens is 345 g/mol. The van der Waals surface area contributed by atoms with Crippen molar-refractivity contribution in [2.75, 3.05) is 7.11 Å². The van der Waals surface area contributed by atoms with Crippen LogP contribution in [0, 0.1) is 12.9 Å². The Labute approximate surface area is 155 Å². The lowest BCUT2D eigenvalue weighted by atomic mass is 10.1. The Morgan fingerprint density at radius 1 is 1.04 bits per heavy atom. The summed E-state index contributed by atoms with van der Waals surface area (Å²) in [5, 5.41) is 0.759. The van der Waals surface area contributed by atoms with Crippen LogP contribution in [0.1, 0.15) is 28.1 Å². The molecule has 0 radical (unpaired) electrons. The van der Waals surface area contributed by atoms with Gasteiger partial charge in [-0.15, -0.1) is 0 Å². The number of ether oxygens (including phenoxy) is 1. The zero-order chi connectivity index (χ0) is 18.8. The molecule has 1 N–H and O–H groups in total. The van der Waals surface area contributed by atoms with Crippen molar-refractivity contribution < 1.29 is 9.13 Å². The van der Waals surface area contributed by atoms with E-state index in [9.17, 15) is 4.39 Å². The second kappa shape index (κ2) is 7.11. The van der Waals surface area contributed by atoms with E-state index in [4.69, 9.17) is 4.74 Å². The Kier molecular flexibility index (Phi) is 4.50. The van der Waals surface area contributed by atoms with Crippen molar-refractivity contribution in [3.05, 3.63) is 77.0 Å². The maximum absolute atomic E-state index is 14.6. The number of nitrogens with zero attached hydrogens (tertiary/aromatic N) is 4. The number of methoxy groups -OCH3 is 1. The number of hydrogen-bond acceptors (Lipinski definition) is 5. The molecule has 0 aliphatic carbocycles. The third-order valence-electron chi connectivity index (χ3n) is 4.43. The lowest BCUT2D eigenvalue weighted by Crippen LogP contribution is -2.01. The highest BCUT2D eigenvalue weighted by Crippen LogP contribution is 2.27. The Morgan fingerprint density at radius 2 is 1.93 bits per heavy atom. The lowest BCUT2D eigenvalue weighted by molar-refractivity contribution is 0.402. The number of aromatic amines is 1. The van der Waals surface area contributed by atoms with E-state index in [0.29, 0.717) is 35.6 Å². The third kappa shape index (κ3) is 3.48. The Bertz CT molecular complexity index is 1090. The van der Waals surface area contributed by atoms with Crippen molar-refractivity contribution in [3.8, 4) is 5.88 Å². The van der Waals surface area contributed by atoms with Gasteiger partial charge in [-0.3, -0.25) is 4.98 Å². The molecule has 0 bridgehead atoms. The van der Waals surface area contributed by atoms with Crippen molar-refractivity contribution in [3.63, 3.8) is 0 Å². The monoisotopic (exact) mass is 363 g/mol. The number of aromatic nitrogens is 5. The Morgan fingerprint density at radius 3 is 2.67 bits per heavy atom. The van der Waals surface area contributed by atoms with E-state index in [1.165, 1.54) is 6.33 Å². The number of pyridine rings is 2. The van der Waals surface area contributed by atoms with Gasteiger partial charge in [0.25, 0.3) is 0 Å². The number of aryl methyl sites for hydroxylation is 1. The van der Waals surface area contributed by atoms with E-state index in [1.54, 1.807) is 25.6 Å². The zero-order valence-corrected chi connectivity index (χ0v) is 15.0. The summed E-state index contributed by atoms with van der Waals surface area (Å²) < 4.78 is 19.9. The number of nitrogens with one attached hydrogen (secondary N) is 1. The van der Waals surface area contributed by atoms with Crippen LogP contribution in [-0.4, -0.2) is 32.0 Å². The summed E-state index contributed by atoms with van der Waals surface area (Å²) in [6.45, 7) is 1.93. The molecule has 0 unspecified atom stereocenters. The lowest BCUT2D eigenvalue weighted by Gasteiger charge is -2.07. The van der Waals surface area contributed by atoms with Gasteiger partial charge in [0.2, 0.25) is 11.8 Å². The minimum atomic E-state index is -0.474. The second-order valence-electron chi connectivity index (χ2n) is 6.33. The molecule has 4 aromatic heterocycles. The van der Waals surface area contributed by atoms with Gasteiger partial charge in [-0.05, 0) is 30.2 Å². The van der Waals surface area contributed by atoms with E-state index in [1.807, 2.05) is 25.1 Å². The Hall–Kier alpha value is -3.35. The number of hydrogen-bond donors (Lipinski definition) is 1. The smallest absolute Gasteiger partial charge is 0.226 e. The molecule has 0 aliphatic rings. The molecule has 0 aliphatic heterocycles.